The largest absolute Gasteiger partial charge is 0.507 e. The van der Waals surface area contributed by atoms with Gasteiger partial charge < -0.3 is 28.2 Å². The Kier molecular flexibility index (Phi) is 11.6. The lowest BCUT2D eigenvalue weighted by molar-refractivity contribution is -0.152. The molecule has 1 fully saturated rings. The van der Waals surface area contributed by atoms with Gasteiger partial charge in [0.25, 0.3) is 16.6 Å². The topological polar surface area (TPSA) is 66.4 Å². The van der Waals surface area contributed by atoms with Gasteiger partial charge in [-0.3, -0.25) is 0 Å². The highest BCUT2D eigenvalue weighted by Gasteiger charge is 2.57. The average Bonchev–Trinajstić information content (AvgIpc) is 3.16. The molecule has 6 nitrogen and oxygen atoms in total. The van der Waals surface area contributed by atoms with Gasteiger partial charge in [-0.1, -0.05) is 163 Å². The van der Waals surface area contributed by atoms with Crippen LogP contribution in [0.5, 0.6) is 17.2 Å². The zero-order valence-electron chi connectivity index (χ0n) is 33.2. The Morgan fingerprint density at radius 1 is 0.574 bits per heavy atom. The molecule has 0 unspecified atom stereocenters. The Bertz CT molecular complexity index is 1880. The zero-order chi connectivity index (χ0) is 38.7. The first kappa shape index (κ1) is 39.5. The van der Waals surface area contributed by atoms with Crippen LogP contribution in [0.3, 0.4) is 0 Å². The Labute approximate surface area is 324 Å². The maximum atomic E-state index is 11.5. The van der Waals surface area contributed by atoms with Gasteiger partial charge >= 0.3 is 0 Å². The van der Waals surface area contributed by atoms with Crippen LogP contribution in [-0.2, 0) is 13.6 Å². The van der Waals surface area contributed by atoms with Crippen molar-refractivity contribution in [1.29, 1.82) is 0 Å². The maximum absolute atomic E-state index is 11.5. The number of hydrogen-bond donors (Lipinski definition) is 1. The Balaban J connectivity index is 1.59. The fourth-order valence-electron chi connectivity index (χ4n) is 8.48. The summed E-state index contributed by atoms with van der Waals surface area (Å²) in [6, 6.07) is 46.4. The molecular formula is C46H56O6Si2. The number of hydrogen-bond acceptors (Lipinski definition) is 6. The van der Waals surface area contributed by atoms with Crippen molar-refractivity contribution in [2.45, 2.75) is 89.4 Å². The van der Waals surface area contributed by atoms with E-state index in [0.717, 1.165) is 0 Å². The molecule has 1 heterocycles. The molecule has 0 spiro atoms. The van der Waals surface area contributed by atoms with Gasteiger partial charge in [-0.05, 0) is 43.8 Å². The van der Waals surface area contributed by atoms with Crippen LogP contribution in [0.1, 0.15) is 66.6 Å². The molecule has 4 atom stereocenters. The quantitative estimate of drug-likeness (QED) is 0.137. The van der Waals surface area contributed by atoms with Crippen LogP contribution in [0, 0.1) is 0 Å². The average molecular weight is 761 g/mol. The zero-order valence-corrected chi connectivity index (χ0v) is 35.2. The molecule has 1 N–H and O–H groups in total. The van der Waals surface area contributed by atoms with Crippen LogP contribution >= 0.6 is 0 Å². The Hall–Kier alpha value is -4.19. The summed E-state index contributed by atoms with van der Waals surface area (Å²) in [4.78, 5) is 0. The first-order valence-electron chi connectivity index (χ1n) is 18.9. The third kappa shape index (κ3) is 7.30. The molecule has 0 aromatic heterocycles. The van der Waals surface area contributed by atoms with Crippen LogP contribution in [0.15, 0.2) is 133 Å². The summed E-state index contributed by atoms with van der Waals surface area (Å²) in [5, 5.41) is 15.7. The van der Waals surface area contributed by atoms with Gasteiger partial charge in [-0.2, -0.15) is 0 Å². The molecule has 284 valence electrons. The van der Waals surface area contributed by atoms with E-state index in [2.05, 4.69) is 170 Å². The Morgan fingerprint density at radius 3 is 1.31 bits per heavy atom. The summed E-state index contributed by atoms with van der Waals surface area (Å²) in [5.41, 5.74) is 0.624. The number of phenols is 1. The normalized spacial score (nSPS) is 19.6. The van der Waals surface area contributed by atoms with Crippen molar-refractivity contribution in [2.75, 3.05) is 14.2 Å². The van der Waals surface area contributed by atoms with Crippen molar-refractivity contribution in [2.24, 2.45) is 0 Å². The second-order valence-corrected chi connectivity index (χ2v) is 24.9. The summed E-state index contributed by atoms with van der Waals surface area (Å²) in [5.74, 6) is 1.06. The minimum atomic E-state index is -3.09. The number of ether oxygens (including phenoxy) is 3. The van der Waals surface area contributed by atoms with E-state index in [1.807, 2.05) is 6.07 Å². The minimum absolute atomic E-state index is 0.0837. The van der Waals surface area contributed by atoms with Gasteiger partial charge in [0.2, 0.25) is 0 Å². The van der Waals surface area contributed by atoms with E-state index < -0.39 is 41.1 Å². The van der Waals surface area contributed by atoms with E-state index in [1.54, 1.807) is 20.3 Å². The maximum Gasteiger partial charge on any atom is 0.261 e. The molecule has 54 heavy (non-hydrogen) atoms. The SMILES string of the molecule is COc1cc(O)c([C@@H]2C[C@@H](O[Si](c3ccccc3)(c3ccccc3)C(C)(C)C)[C@H](O[Si](c3ccccc3)(c3ccccc3)C(C)(C)C)[C@@H](C)O2)cc1OC. The minimum Gasteiger partial charge on any atom is -0.507 e. The highest BCUT2D eigenvalue weighted by Crippen LogP contribution is 2.47. The molecule has 1 aliphatic heterocycles. The molecule has 0 aliphatic carbocycles. The third-order valence-corrected chi connectivity index (χ3v) is 21.1. The van der Waals surface area contributed by atoms with Crippen molar-refractivity contribution in [3.63, 3.8) is 0 Å². The summed E-state index contributed by atoms with van der Waals surface area (Å²) in [6.45, 7) is 15.9. The van der Waals surface area contributed by atoms with E-state index in [4.69, 9.17) is 23.1 Å². The van der Waals surface area contributed by atoms with Crippen molar-refractivity contribution >= 4 is 37.4 Å². The predicted octanol–water partition coefficient (Wildman–Crippen LogP) is 8.15. The highest BCUT2D eigenvalue weighted by molar-refractivity contribution is 7.00. The summed E-state index contributed by atoms with van der Waals surface area (Å²) < 4.78 is 34.2. The van der Waals surface area contributed by atoms with Gasteiger partial charge in [-0.25, -0.2) is 0 Å². The molecule has 6 rings (SSSR count). The molecule has 1 aliphatic rings. The van der Waals surface area contributed by atoms with Gasteiger partial charge in [0, 0.05) is 18.1 Å². The van der Waals surface area contributed by atoms with Gasteiger partial charge in [0.15, 0.2) is 11.5 Å². The molecular weight excluding hydrogens is 705 g/mol. The fraction of sp³-hybridized carbons (Fsp3) is 0.348. The van der Waals surface area contributed by atoms with Crippen LogP contribution in [-0.4, -0.2) is 54.3 Å². The molecule has 5 aromatic carbocycles. The van der Waals surface area contributed by atoms with E-state index in [0.29, 0.717) is 23.5 Å². The standard InChI is InChI=1S/C46H56O6Si2/c1-33-44(52-54(46(5,6)7,36-26-18-12-19-27-36)37-28-20-13-21-29-37)43(32-40(50-33)38-30-41(48-8)42(49-9)31-39(38)47)51-53(45(2,3)4,34-22-14-10-15-23-34)35-24-16-11-17-25-35/h10-31,33,40,43-44,47H,32H2,1-9H3/t33-,40+,43-,44-/m1/s1. The van der Waals surface area contributed by atoms with Crippen LogP contribution in [0.4, 0.5) is 0 Å². The van der Waals surface area contributed by atoms with E-state index in [9.17, 15) is 5.11 Å². The first-order chi connectivity index (χ1) is 25.8. The second-order valence-electron chi connectivity index (χ2n) is 16.4. The van der Waals surface area contributed by atoms with Crippen molar-refractivity contribution < 1.29 is 28.2 Å². The fourth-order valence-corrected chi connectivity index (χ4v) is 17.9. The van der Waals surface area contributed by atoms with Gasteiger partial charge in [0.1, 0.15) is 5.75 Å². The van der Waals surface area contributed by atoms with Crippen LogP contribution < -0.4 is 30.2 Å². The van der Waals surface area contributed by atoms with E-state index >= 15 is 0 Å². The van der Waals surface area contributed by atoms with Crippen LogP contribution in [0.2, 0.25) is 10.1 Å². The summed E-state index contributed by atoms with van der Waals surface area (Å²) in [7, 11) is -2.99. The summed E-state index contributed by atoms with van der Waals surface area (Å²) in [6.07, 6.45) is -1.38. The number of phenolic OH excluding ortho intramolecular Hbond substituents is 1. The van der Waals surface area contributed by atoms with Crippen LogP contribution in [0.25, 0.3) is 0 Å². The van der Waals surface area contributed by atoms with Crippen molar-refractivity contribution in [3.8, 4) is 17.2 Å². The predicted molar refractivity (Wildman–Crippen MR) is 224 cm³/mol. The number of benzene rings is 5. The molecule has 0 saturated carbocycles. The van der Waals surface area contributed by atoms with Gasteiger partial charge in [-0.15, -0.1) is 0 Å². The molecule has 0 amide bonds. The number of methoxy groups -OCH3 is 2. The molecule has 0 bridgehead atoms. The molecule has 5 aromatic rings. The van der Waals surface area contributed by atoms with Crippen molar-refractivity contribution in [3.05, 3.63) is 139 Å². The second kappa shape index (κ2) is 15.9. The van der Waals surface area contributed by atoms with E-state index in [1.165, 1.54) is 20.7 Å². The third-order valence-electron chi connectivity index (χ3n) is 11.0. The molecule has 0 radical (unpaired) electrons. The molecule has 1 saturated heterocycles. The lowest BCUT2D eigenvalue weighted by atomic mass is 9.93. The van der Waals surface area contributed by atoms with E-state index in [-0.39, 0.29) is 15.8 Å². The summed E-state index contributed by atoms with van der Waals surface area (Å²) >= 11 is 0. The lowest BCUT2D eigenvalue weighted by Crippen LogP contribution is -2.72. The van der Waals surface area contributed by atoms with Gasteiger partial charge in [0.05, 0.1) is 38.6 Å². The highest BCUT2D eigenvalue weighted by atomic mass is 28.4. The first-order valence-corrected chi connectivity index (χ1v) is 22.8. The number of rotatable bonds is 11. The lowest BCUT2D eigenvalue weighted by Gasteiger charge is -2.53. The Morgan fingerprint density at radius 2 is 0.944 bits per heavy atom. The van der Waals surface area contributed by atoms with Crippen molar-refractivity contribution in [1.82, 2.24) is 0 Å². The molecule has 8 heteroatoms. The smallest absolute Gasteiger partial charge is 0.261 e. The number of aromatic hydroxyl groups is 1. The monoisotopic (exact) mass is 760 g/mol.